The minimum atomic E-state index is -0.138. The number of hydrogen-bond donors (Lipinski definition) is 1. The van der Waals surface area contributed by atoms with Gasteiger partial charge in [-0.15, -0.1) is 0 Å². The van der Waals surface area contributed by atoms with Gasteiger partial charge in [-0.2, -0.15) is 0 Å². The van der Waals surface area contributed by atoms with E-state index in [1.165, 1.54) is 0 Å². The highest BCUT2D eigenvalue weighted by molar-refractivity contribution is 6.30. The Labute approximate surface area is 113 Å². The lowest BCUT2D eigenvalue weighted by molar-refractivity contribution is -0.0960. The molecule has 1 unspecified atom stereocenters. The largest absolute Gasteiger partial charge is 0.508 e. The highest BCUT2D eigenvalue weighted by Crippen LogP contribution is 2.33. The van der Waals surface area contributed by atoms with Crippen molar-refractivity contribution in [3.05, 3.63) is 28.8 Å². The molecule has 0 aromatic heterocycles. The van der Waals surface area contributed by atoms with Gasteiger partial charge in [0.1, 0.15) is 5.75 Å². The molecule has 0 bridgehead atoms. The number of ether oxygens (including phenoxy) is 1. The standard InChI is InChI=1S/C14H20ClNO2/c1-10(12-8-11(15)4-5-13(12)17)16-6-7-18-14(2,3)9-16/h4-5,8,10,17H,6-7,9H2,1-3H3. The summed E-state index contributed by atoms with van der Waals surface area (Å²) in [6.07, 6.45) is 0. The Morgan fingerprint density at radius 2 is 2.17 bits per heavy atom. The van der Waals surface area contributed by atoms with Gasteiger partial charge in [0.05, 0.1) is 12.2 Å². The fraction of sp³-hybridized carbons (Fsp3) is 0.571. The molecule has 4 heteroatoms. The molecule has 1 aromatic rings. The first kappa shape index (κ1) is 13.7. The smallest absolute Gasteiger partial charge is 0.120 e. The van der Waals surface area contributed by atoms with Crippen molar-refractivity contribution in [2.24, 2.45) is 0 Å². The molecule has 1 saturated heterocycles. The van der Waals surface area contributed by atoms with Crippen molar-refractivity contribution >= 4 is 11.6 Å². The number of benzene rings is 1. The summed E-state index contributed by atoms with van der Waals surface area (Å²) in [6.45, 7) is 8.70. The zero-order chi connectivity index (χ0) is 13.3. The molecular formula is C14H20ClNO2. The highest BCUT2D eigenvalue weighted by Gasteiger charge is 2.30. The lowest BCUT2D eigenvalue weighted by atomic mass is 10.0. The normalized spacial score (nSPS) is 21.8. The molecule has 1 N–H and O–H groups in total. The van der Waals surface area contributed by atoms with Crippen molar-refractivity contribution in [1.82, 2.24) is 4.90 Å². The van der Waals surface area contributed by atoms with Crippen LogP contribution in [0, 0.1) is 0 Å². The molecule has 18 heavy (non-hydrogen) atoms. The molecule has 0 spiro atoms. The summed E-state index contributed by atoms with van der Waals surface area (Å²) in [5.41, 5.74) is 0.737. The first-order valence-corrected chi connectivity index (χ1v) is 6.63. The molecule has 100 valence electrons. The van der Waals surface area contributed by atoms with E-state index in [1.807, 2.05) is 6.07 Å². The van der Waals surface area contributed by atoms with E-state index >= 15 is 0 Å². The van der Waals surface area contributed by atoms with Crippen LogP contribution in [0.3, 0.4) is 0 Å². The molecule has 0 saturated carbocycles. The fourth-order valence-corrected chi connectivity index (χ4v) is 2.62. The van der Waals surface area contributed by atoms with E-state index in [1.54, 1.807) is 12.1 Å². The highest BCUT2D eigenvalue weighted by atomic mass is 35.5. The average molecular weight is 270 g/mol. The summed E-state index contributed by atoms with van der Waals surface area (Å²) < 4.78 is 5.71. The Bertz CT molecular complexity index is 434. The lowest BCUT2D eigenvalue weighted by Gasteiger charge is -2.41. The number of hydrogen-bond acceptors (Lipinski definition) is 3. The van der Waals surface area contributed by atoms with E-state index in [0.717, 1.165) is 25.3 Å². The van der Waals surface area contributed by atoms with Crippen molar-refractivity contribution in [2.45, 2.75) is 32.4 Å². The number of nitrogens with zero attached hydrogens (tertiary/aromatic N) is 1. The van der Waals surface area contributed by atoms with Crippen LogP contribution in [0.1, 0.15) is 32.4 Å². The zero-order valence-corrected chi connectivity index (χ0v) is 11.9. The quantitative estimate of drug-likeness (QED) is 0.895. The number of morpholine rings is 1. The molecular weight excluding hydrogens is 250 g/mol. The molecule has 1 atom stereocenters. The van der Waals surface area contributed by atoms with E-state index in [2.05, 4.69) is 25.7 Å². The maximum atomic E-state index is 9.95. The fourth-order valence-electron chi connectivity index (χ4n) is 2.44. The average Bonchev–Trinajstić information content (AvgIpc) is 2.30. The Balaban J connectivity index is 2.20. The van der Waals surface area contributed by atoms with Gasteiger partial charge in [-0.1, -0.05) is 11.6 Å². The van der Waals surface area contributed by atoms with Crippen LogP contribution in [-0.2, 0) is 4.74 Å². The van der Waals surface area contributed by atoms with Crippen LogP contribution in [0.2, 0.25) is 5.02 Å². The van der Waals surface area contributed by atoms with Crippen LogP contribution < -0.4 is 0 Å². The van der Waals surface area contributed by atoms with Crippen LogP contribution in [0.4, 0.5) is 0 Å². The topological polar surface area (TPSA) is 32.7 Å². The SMILES string of the molecule is CC(c1cc(Cl)ccc1O)N1CCOC(C)(C)C1. The minimum absolute atomic E-state index is 0.131. The van der Waals surface area contributed by atoms with Gasteiger partial charge in [-0.05, 0) is 39.0 Å². The van der Waals surface area contributed by atoms with Gasteiger partial charge < -0.3 is 9.84 Å². The van der Waals surface area contributed by atoms with Crippen molar-refractivity contribution in [3.8, 4) is 5.75 Å². The van der Waals surface area contributed by atoms with E-state index in [9.17, 15) is 5.11 Å². The third-order valence-electron chi connectivity index (χ3n) is 3.44. The van der Waals surface area contributed by atoms with Gasteiger partial charge in [0.2, 0.25) is 0 Å². The Morgan fingerprint density at radius 1 is 1.44 bits per heavy atom. The van der Waals surface area contributed by atoms with Gasteiger partial charge >= 0.3 is 0 Å². The Hall–Kier alpha value is -0.770. The molecule has 1 aliphatic rings. The molecule has 1 aliphatic heterocycles. The van der Waals surface area contributed by atoms with E-state index in [0.29, 0.717) is 10.8 Å². The maximum Gasteiger partial charge on any atom is 0.120 e. The number of phenols is 1. The van der Waals surface area contributed by atoms with Crippen molar-refractivity contribution in [2.75, 3.05) is 19.7 Å². The molecule has 0 aliphatic carbocycles. The second-order valence-electron chi connectivity index (χ2n) is 5.46. The van der Waals surface area contributed by atoms with E-state index in [4.69, 9.17) is 16.3 Å². The maximum absolute atomic E-state index is 9.95. The molecule has 0 radical (unpaired) electrons. The van der Waals surface area contributed by atoms with Crippen LogP contribution in [0.15, 0.2) is 18.2 Å². The predicted octanol–water partition coefficient (Wildman–Crippen LogP) is 3.22. The van der Waals surface area contributed by atoms with Gasteiger partial charge in [0.25, 0.3) is 0 Å². The monoisotopic (exact) mass is 269 g/mol. The number of rotatable bonds is 2. The Morgan fingerprint density at radius 3 is 2.83 bits per heavy atom. The third-order valence-corrected chi connectivity index (χ3v) is 3.68. The van der Waals surface area contributed by atoms with E-state index < -0.39 is 0 Å². The number of phenolic OH excluding ortho intramolecular Hbond substituents is 1. The summed E-state index contributed by atoms with van der Waals surface area (Å²) in [4.78, 5) is 2.31. The van der Waals surface area contributed by atoms with Gasteiger partial charge in [0.15, 0.2) is 0 Å². The summed E-state index contributed by atoms with van der Waals surface area (Å²) in [7, 11) is 0. The number of aromatic hydroxyl groups is 1. The molecule has 1 aromatic carbocycles. The predicted molar refractivity (Wildman–Crippen MR) is 73.1 cm³/mol. The summed E-state index contributed by atoms with van der Waals surface area (Å²) in [6, 6.07) is 5.33. The first-order chi connectivity index (χ1) is 8.39. The zero-order valence-electron chi connectivity index (χ0n) is 11.1. The first-order valence-electron chi connectivity index (χ1n) is 6.25. The summed E-state index contributed by atoms with van der Waals surface area (Å²) >= 11 is 6.00. The van der Waals surface area contributed by atoms with Crippen molar-refractivity contribution in [1.29, 1.82) is 0 Å². The van der Waals surface area contributed by atoms with Crippen LogP contribution >= 0.6 is 11.6 Å². The second kappa shape index (κ2) is 5.08. The summed E-state index contributed by atoms with van der Waals surface area (Å²) in [5.74, 6) is 0.302. The number of halogens is 1. The van der Waals surface area contributed by atoms with Crippen LogP contribution in [-0.4, -0.2) is 35.3 Å². The van der Waals surface area contributed by atoms with Crippen LogP contribution in [0.25, 0.3) is 0 Å². The van der Waals surface area contributed by atoms with Crippen molar-refractivity contribution < 1.29 is 9.84 Å². The lowest BCUT2D eigenvalue weighted by Crippen LogP contribution is -2.48. The van der Waals surface area contributed by atoms with E-state index in [-0.39, 0.29) is 11.6 Å². The Kier molecular flexibility index (Phi) is 3.85. The van der Waals surface area contributed by atoms with Gasteiger partial charge in [-0.25, -0.2) is 0 Å². The molecule has 2 rings (SSSR count). The minimum Gasteiger partial charge on any atom is -0.508 e. The molecule has 0 amide bonds. The molecule has 1 fully saturated rings. The molecule has 1 heterocycles. The van der Waals surface area contributed by atoms with Crippen LogP contribution in [0.5, 0.6) is 5.75 Å². The second-order valence-corrected chi connectivity index (χ2v) is 5.89. The third kappa shape index (κ3) is 2.97. The van der Waals surface area contributed by atoms with Crippen molar-refractivity contribution in [3.63, 3.8) is 0 Å². The van der Waals surface area contributed by atoms with Gasteiger partial charge in [-0.3, -0.25) is 4.90 Å². The summed E-state index contributed by atoms with van der Waals surface area (Å²) in [5, 5.41) is 10.6. The molecule has 3 nitrogen and oxygen atoms in total. The van der Waals surface area contributed by atoms with Gasteiger partial charge in [0, 0.05) is 29.7 Å².